The maximum Gasteiger partial charge on any atom is 0.416 e. The van der Waals surface area contributed by atoms with Crippen LogP contribution in [-0.2, 0) is 24.1 Å². The van der Waals surface area contributed by atoms with E-state index in [-0.39, 0.29) is 5.91 Å². The Hall–Kier alpha value is -2.78. The summed E-state index contributed by atoms with van der Waals surface area (Å²) in [6.07, 6.45) is 2.82. The number of ether oxygens (including phenoxy) is 1. The van der Waals surface area contributed by atoms with Crippen LogP contribution in [-0.4, -0.2) is 79.6 Å². The summed E-state index contributed by atoms with van der Waals surface area (Å²) in [5.74, 6) is 1.11. The fourth-order valence-electron chi connectivity index (χ4n) is 6.18. The first-order valence-electron chi connectivity index (χ1n) is 15.2. The Morgan fingerprint density at radius 1 is 0.780 bits per heavy atom. The van der Waals surface area contributed by atoms with Crippen molar-refractivity contribution >= 4 is 11.6 Å². The SMILES string of the molecule is O=C(CCCCCN1CCN(c2cccc(C(F)(F)F)c2)CC1)N1Cc2ccc(OCCCN3CCCC3)cc2C1. The minimum atomic E-state index is -4.32. The standard InChI is InChI=1S/C32H43F3N4O2/c33-32(34,35)28-8-6-9-29(23-28)38-19-17-37(18-20-38)13-3-1-2-10-31(40)39-24-26-11-12-30(22-27(26)25-39)41-21-7-16-36-14-4-5-15-36/h6,8-9,11-12,22-23H,1-5,7,10,13-21,24-25H2. The number of unbranched alkanes of at least 4 members (excludes halogenated alkanes) is 2. The van der Waals surface area contributed by atoms with E-state index in [1.807, 2.05) is 15.9 Å². The van der Waals surface area contributed by atoms with Crippen LogP contribution in [0, 0.1) is 0 Å². The second-order valence-corrected chi connectivity index (χ2v) is 11.6. The second-order valence-electron chi connectivity index (χ2n) is 11.6. The Labute approximate surface area is 242 Å². The number of carbonyl (C=O) groups is 1. The molecule has 0 spiro atoms. The highest BCUT2D eigenvalue weighted by molar-refractivity contribution is 5.77. The van der Waals surface area contributed by atoms with Gasteiger partial charge in [-0.2, -0.15) is 13.2 Å². The van der Waals surface area contributed by atoms with Crippen molar-refractivity contribution in [2.24, 2.45) is 0 Å². The molecule has 0 atom stereocenters. The number of piperazine rings is 1. The highest BCUT2D eigenvalue weighted by Crippen LogP contribution is 2.32. The van der Waals surface area contributed by atoms with Gasteiger partial charge in [0.05, 0.1) is 12.2 Å². The third-order valence-electron chi connectivity index (χ3n) is 8.61. The van der Waals surface area contributed by atoms with E-state index in [0.717, 1.165) is 83.4 Å². The molecule has 2 saturated heterocycles. The van der Waals surface area contributed by atoms with E-state index in [1.54, 1.807) is 6.07 Å². The average molecular weight is 573 g/mol. The molecule has 3 heterocycles. The van der Waals surface area contributed by atoms with Crippen molar-refractivity contribution < 1.29 is 22.7 Å². The number of halogens is 3. The lowest BCUT2D eigenvalue weighted by Gasteiger charge is -2.36. The highest BCUT2D eigenvalue weighted by Gasteiger charge is 2.31. The molecule has 0 saturated carbocycles. The first kappa shape index (κ1) is 29.7. The Balaban J connectivity index is 0.945. The summed E-state index contributed by atoms with van der Waals surface area (Å²) < 4.78 is 45.1. The molecule has 2 aromatic rings. The largest absolute Gasteiger partial charge is 0.494 e. The summed E-state index contributed by atoms with van der Waals surface area (Å²) in [6, 6.07) is 11.8. The molecule has 41 heavy (non-hydrogen) atoms. The van der Waals surface area contributed by atoms with Gasteiger partial charge in [0.15, 0.2) is 0 Å². The average Bonchev–Trinajstić information content (AvgIpc) is 3.65. The highest BCUT2D eigenvalue weighted by atomic mass is 19.4. The number of amides is 1. The van der Waals surface area contributed by atoms with Crippen LogP contribution in [0.3, 0.4) is 0 Å². The zero-order chi connectivity index (χ0) is 28.7. The monoisotopic (exact) mass is 572 g/mol. The fraction of sp³-hybridized carbons (Fsp3) is 0.594. The van der Waals surface area contributed by atoms with Crippen molar-refractivity contribution in [2.45, 2.75) is 64.2 Å². The number of nitrogens with zero attached hydrogens (tertiary/aromatic N) is 4. The summed E-state index contributed by atoms with van der Waals surface area (Å²) in [5, 5.41) is 0. The Morgan fingerprint density at radius 2 is 1.51 bits per heavy atom. The number of likely N-dealkylation sites (tertiary alicyclic amines) is 1. The second kappa shape index (κ2) is 13.9. The van der Waals surface area contributed by atoms with Crippen LogP contribution in [0.2, 0.25) is 0 Å². The van der Waals surface area contributed by atoms with Gasteiger partial charge in [-0.1, -0.05) is 18.6 Å². The summed E-state index contributed by atoms with van der Waals surface area (Å²) in [6.45, 7) is 9.69. The van der Waals surface area contributed by atoms with Crippen molar-refractivity contribution in [3.05, 3.63) is 59.2 Å². The van der Waals surface area contributed by atoms with E-state index in [9.17, 15) is 18.0 Å². The van der Waals surface area contributed by atoms with E-state index in [1.165, 1.54) is 49.2 Å². The molecule has 9 heteroatoms. The van der Waals surface area contributed by atoms with Crippen LogP contribution in [0.4, 0.5) is 18.9 Å². The molecule has 0 N–H and O–H groups in total. The number of rotatable bonds is 12. The van der Waals surface area contributed by atoms with Gasteiger partial charge in [-0.05, 0) is 93.2 Å². The molecule has 0 aromatic heterocycles. The zero-order valence-electron chi connectivity index (χ0n) is 24.0. The van der Waals surface area contributed by atoms with Crippen LogP contribution < -0.4 is 9.64 Å². The molecule has 3 aliphatic rings. The molecular formula is C32H43F3N4O2. The van der Waals surface area contributed by atoms with Gasteiger partial charge in [-0.15, -0.1) is 0 Å². The molecule has 5 rings (SSSR count). The third-order valence-corrected chi connectivity index (χ3v) is 8.61. The lowest BCUT2D eigenvalue weighted by Crippen LogP contribution is -2.46. The number of anilines is 1. The summed E-state index contributed by atoms with van der Waals surface area (Å²) >= 11 is 0. The molecule has 0 unspecified atom stereocenters. The molecular weight excluding hydrogens is 529 g/mol. The Bertz CT molecular complexity index is 1140. The van der Waals surface area contributed by atoms with Crippen LogP contribution in [0.15, 0.2) is 42.5 Å². The van der Waals surface area contributed by atoms with Gasteiger partial charge < -0.3 is 19.4 Å². The first-order chi connectivity index (χ1) is 19.8. The van der Waals surface area contributed by atoms with Crippen LogP contribution in [0.5, 0.6) is 5.75 Å². The van der Waals surface area contributed by atoms with Crippen molar-refractivity contribution in [2.75, 3.05) is 63.9 Å². The van der Waals surface area contributed by atoms with Gasteiger partial charge >= 0.3 is 6.18 Å². The van der Waals surface area contributed by atoms with Crippen molar-refractivity contribution in [3.63, 3.8) is 0 Å². The molecule has 0 bridgehead atoms. The summed E-state index contributed by atoms with van der Waals surface area (Å²) in [4.78, 5) is 21.7. The normalized spacial score (nSPS) is 18.2. The molecule has 6 nitrogen and oxygen atoms in total. The molecule has 1 amide bonds. The van der Waals surface area contributed by atoms with Gasteiger partial charge in [0, 0.05) is 57.9 Å². The minimum absolute atomic E-state index is 0.212. The molecule has 0 aliphatic carbocycles. The topological polar surface area (TPSA) is 39.3 Å². The Kier molecular flexibility index (Phi) is 10.1. The number of hydrogen-bond acceptors (Lipinski definition) is 5. The maximum atomic E-state index is 13.0. The van der Waals surface area contributed by atoms with E-state index in [0.29, 0.717) is 25.2 Å². The van der Waals surface area contributed by atoms with Crippen LogP contribution >= 0.6 is 0 Å². The third kappa shape index (κ3) is 8.38. The van der Waals surface area contributed by atoms with Gasteiger partial charge in [0.2, 0.25) is 5.91 Å². The number of carbonyl (C=O) groups excluding carboxylic acids is 1. The van der Waals surface area contributed by atoms with Crippen LogP contribution in [0.1, 0.15) is 61.6 Å². The van der Waals surface area contributed by atoms with E-state index in [4.69, 9.17) is 4.74 Å². The lowest BCUT2D eigenvalue weighted by molar-refractivity contribution is -0.137. The van der Waals surface area contributed by atoms with Crippen LogP contribution in [0.25, 0.3) is 0 Å². The molecule has 224 valence electrons. The van der Waals surface area contributed by atoms with Crippen molar-refractivity contribution in [3.8, 4) is 5.75 Å². The minimum Gasteiger partial charge on any atom is -0.494 e. The number of benzene rings is 2. The number of hydrogen-bond donors (Lipinski definition) is 0. The molecule has 0 radical (unpaired) electrons. The fourth-order valence-corrected chi connectivity index (χ4v) is 6.18. The van der Waals surface area contributed by atoms with Gasteiger partial charge in [-0.3, -0.25) is 9.69 Å². The van der Waals surface area contributed by atoms with E-state index < -0.39 is 11.7 Å². The summed E-state index contributed by atoms with van der Waals surface area (Å²) in [7, 11) is 0. The van der Waals surface area contributed by atoms with Gasteiger partial charge in [-0.25, -0.2) is 0 Å². The molecule has 2 fully saturated rings. The molecule has 2 aromatic carbocycles. The van der Waals surface area contributed by atoms with Crippen molar-refractivity contribution in [1.29, 1.82) is 0 Å². The predicted octanol–water partition coefficient (Wildman–Crippen LogP) is 5.79. The maximum absolute atomic E-state index is 13.0. The van der Waals surface area contributed by atoms with Gasteiger partial charge in [0.1, 0.15) is 5.75 Å². The summed E-state index contributed by atoms with van der Waals surface area (Å²) in [5.41, 5.74) is 2.45. The van der Waals surface area contributed by atoms with Gasteiger partial charge in [0.25, 0.3) is 0 Å². The predicted molar refractivity (Wildman–Crippen MR) is 155 cm³/mol. The van der Waals surface area contributed by atoms with E-state index in [2.05, 4.69) is 21.9 Å². The molecule has 3 aliphatic heterocycles. The lowest BCUT2D eigenvalue weighted by atomic mass is 10.1. The number of fused-ring (bicyclic) bond motifs is 1. The Morgan fingerprint density at radius 3 is 2.29 bits per heavy atom. The smallest absolute Gasteiger partial charge is 0.416 e. The van der Waals surface area contributed by atoms with Crippen molar-refractivity contribution in [1.82, 2.24) is 14.7 Å². The first-order valence-corrected chi connectivity index (χ1v) is 15.2. The zero-order valence-corrected chi connectivity index (χ0v) is 24.0. The number of alkyl halides is 3. The quantitative estimate of drug-likeness (QED) is 0.301. The van der Waals surface area contributed by atoms with E-state index >= 15 is 0 Å².